The summed E-state index contributed by atoms with van der Waals surface area (Å²) < 4.78 is 16.4. The van der Waals surface area contributed by atoms with Crippen LogP contribution in [0, 0.1) is 0 Å². The summed E-state index contributed by atoms with van der Waals surface area (Å²) in [5.41, 5.74) is 3.66. The molecular weight excluding hydrogens is 366 g/mol. The van der Waals surface area contributed by atoms with Crippen LogP contribution in [0.2, 0.25) is 0 Å². The second-order valence-electron chi connectivity index (χ2n) is 6.74. The van der Waals surface area contributed by atoms with Crippen LogP contribution < -0.4 is 19.5 Å². The molecule has 0 radical (unpaired) electrons. The van der Waals surface area contributed by atoms with Gasteiger partial charge in [-0.1, -0.05) is 37.3 Å². The Morgan fingerprint density at radius 1 is 0.931 bits per heavy atom. The van der Waals surface area contributed by atoms with Gasteiger partial charge in [0.2, 0.25) is 5.75 Å². The maximum Gasteiger partial charge on any atom is 0.203 e. The Hall–Kier alpha value is -2.89. The summed E-state index contributed by atoms with van der Waals surface area (Å²) in [7, 11) is 8.72. The SMILES string of the molecule is CCc1ccc(CN(C)C(=NC)NCCc2ccc(OC)c(OC)c2OC)cc1. The van der Waals surface area contributed by atoms with E-state index in [2.05, 4.69) is 46.4 Å². The molecule has 2 rings (SSSR count). The Labute approximate surface area is 174 Å². The molecule has 6 heteroatoms. The summed E-state index contributed by atoms with van der Waals surface area (Å²) >= 11 is 0. The summed E-state index contributed by atoms with van der Waals surface area (Å²) in [6.45, 7) is 3.68. The van der Waals surface area contributed by atoms with Gasteiger partial charge in [-0.2, -0.15) is 0 Å². The molecule has 0 spiro atoms. The zero-order chi connectivity index (χ0) is 21.2. The molecule has 2 aromatic carbocycles. The van der Waals surface area contributed by atoms with E-state index >= 15 is 0 Å². The lowest BCUT2D eigenvalue weighted by atomic mass is 10.1. The lowest BCUT2D eigenvalue weighted by Gasteiger charge is -2.23. The summed E-state index contributed by atoms with van der Waals surface area (Å²) in [4.78, 5) is 6.53. The van der Waals surface area contributed by atoms with Crippen LogP contribution in [0.4, 0.5) is 0 Å². The van der Waals surface area contributed by atoms with Crippen LogP contribution in [-0.4, -0.2) is 52.8 Å². The first kappa shape index (κ1) is 22.4. The molecule has 158 valence electrons. The van der Waals surface area contributed by atoms with Crippen molar-refractivity contribution in [3.63, 3.8) is 0 Å². The van der Waals surface area contributed by atoms with Gasteiger partial charge in [-0.15, -0.1) is 0 Å². The van der Waals surface area contributed by atoms with Gasteiger partial charge in [0, 0.05) is 32.7 Å². The monoisotopic (exact) mass is 399 g/mol. The summed E-state index contributed by atoms with van der Waals surface area (Å²) in [5, 5.41) is 3.43. The van der Waals surface area contributed by atoms with E-state index in [1.54, 1.807) is 28.4 Å². The molecule has 0 fully saturated rings. The number of aliphatic imine (C=N–C) groups is 1. The number of ether oxygens (including phenoxy) is 3. The molecule has 0 aliphatic carbocycles. The number of benzene rings is 2. The maximum atomic E-state index is 5.57. The lowest BCUT2D eigenvalue weighted by molar-refractivity contribution is 0.322. The smallest absolute Gasteiger partial charge is 0.203 e. The fourth-order valence-electron chi connectivity index (χ4n) is 3.28. The summed E-state index contributed by atoms with van der Waals surface area (Å²) in [6, 6.07) is 12.6. The van der Waals surface area contributed by atoms with E-state index < -0.39 is 0 Å². The molecule has 0 heterocycles. The summed E-state index contributed by atoms with van der Waals surface area (Å²) in [5.74, 6) is 2.83. The molecule has 0 bridgehead atoms. The molecule has 2 aromatic rings. The zero-order valence-electron chi connectivity index (χ0n) is 18.4. The number of methoxy groups -OCH3 is 3. The first-order chi connectivity index (χ1) is 14.1. The predicted octanol–water partition coefficient (Wildman–Crippen LogP) is 3.52. The highest BCUT2D eigenvalue weighted by atomic mass is 16.5. The number of hydrogen-bond acceptors (Lipinski definition) is 4. The topological polar surface area (TPSA) is 55.3 Å². The average Bonchev–Trinajstić information content (AvgIpc) is 2.76. The Balaban J connectivity index is 1.98. The number of hydrogen-bond donors (Lipinski definition) is 1. The van der Waals surface area contributed by atoms with Gasteiger partial charge in [0.05, 0.1) is 21.3 Å². The Kier molecular flexibility index (Phi) is 8.65. The van der Waals surface area contributed by atoms with Gasteiger partial charge in [0.25, 0.3) is 0 Å². The minimum Gasteiger partial charge on any atom is -0.493 e. The highest BCUT2D eigenvalue weighted by molar-refractivity contribution is 5.79. The maximum absolute atomic E-state index is 5.57. The van der Waals surface area contributed by atoms with E-state index in [0.717, 1.165) is 37.5 Å². The lowest BCUT2D eigenvalue weighted by Crippen LogP contribution is -2.39. The molecule has 0 atom stereocenters. The van der Waals surface area contributed by atoms with Crippen molar-refractivity contribution in [3.8, 4) is 17.2 Å². The Bertz CT molecular complexity index is 804. The number of nitrogens with one attached hydrogen (secondary N) is 1. The number of aryl methyl sites for hydroxylation is 1. The van der Waals surface area contributed by atoms with Crippen LogP contribution in [0.15, 0.2) is 41.4 Å². The van der Waals surface area contributed by atoms with Crippen molar-refractivity contribution in [2.45, 2.75) is 26.3 Å². The quantitative estimate of drug-likeness (QED) is 0.516. The Morgan fingerprint density at radius 3 is 2.14 bits per heavy atom. The molecule has 1 N–H and O–H groups in total. The third kappa shape index (κ3) is 5.79. The first-order valence-corrected chi connectivity index (χ1v) is 9.85. The van der Waals surface area contributed by atoms with Crippen molar-refractivity contribution in [2.24, 2.45) is 4.99 Å². The van der Waals surface area contributed by atoms with E-state index in [9.17, 15) is 0 Å². The van der Waals surface area contributed by atoms with Crippen LogP contribution in [-0.2, 0) is 19.4 Å². The zero-order valence-corrected chi connectivity index (χ0v) is 18.4. The molecule has 0 saturated heterocycles. The third-order valence-corrected chi connectivity index (χ3v) is 4.89. The summed E-state index contributed by atoms with van der Waals surface area (Å²) in [6.07, 6.45) is 1.82. The normalized spacial score (nSPS) is 11.2. The number of rotatable bonds is 9. The molecule has 0 amide bonds. The second kappa shape index (κ2) is 11.2. The Morgan fingerprint density at radius 2 is 1.59 bits per heavy atom. The standard InChI is InChI=1S/C23H33N3O3/c1-7-17-8-10-18(11-9-17)16-26(3)23(24-2)25-15-14-19-12-13-20(27-4)22(29-6)21(19)28-5/h8-13H,7,14-16H2,1-6H3,(H,24,25). The minimum atomic E-state index is 0.615. The van der Waals surface area contributed by atoms with Gasteiger partial charge in [-0.25, -0.2) is 0 Å². The highest BCUT2D eigenvalue weighted by Gasteiger charge is 2.16. The number of nitrogens with zero attached hydrogens (tertiary/aromatic N) is 2. The van der Waals surface area contributed by atoms with Crippen molar-refractivity contribution in [1.29, 1.82) is 0 Å². The van der Waals surface area contributed by atoms with Gasteiger partial charge in [0.1, 0.15) is 0 Å². The fraction of sp³-hybridized carbons (Fsp3) is 0.435. The molecule has 0 aromatic heterocycles. The van der Waals surface area contributed by atoms with Gasteiger partial charge in [-0.05, 0) is 30.0 Å². The second-order valence-corrected chi connectivity index (χ2v) is 6.74. The minimum absolute atomic E-state index is 0.615. The van der Waals surface area contributed by atoms with Crippen molar-refractivity contribution >= 4 is 5.96 Å². The van der Waals surface area contributed by atoms with Gasteiger partial charge in [0.15, 0.2) is 17.5 Å². The van der Waals surface area contributed by atoms with Gasteiger partial charge < -0.3 is 24.4 Å². The fourth-order valence-corrected chi connectivity index (χ4v) is 3.28. The van der Waals surface area contributed by atoms with Crippen LogP contribution in [0.25, 0.3) is 0 Å². The molecule has 6 nitrogen and oxygen atoms in total. The largest absolute Gasteiger partial charge is 0.493 e. The molecule has 0 unspecified atom stereocenters. The third-order valence-electron chi connectivity index (χ3n) is 4.89. The average molecular weight is 400 g/mol. The van der Waals surface area contributed by atoms with Crippen molar-refractivity contribution in [3.05, 3.63) is 53.1 Å². The van der Waals surface area contributed by atoms with Crippen LogP contribution in [0.5, 0.6) is 17.2 Å². The van der Waals surface area contributed by atoms with Crippen LogP contribution in [0.1, 0.15) is 23.6 Å². The molecule has 29 heavy (non-hydrogen) atoms. The molecule has 0 saturated carbocycles. The van der Waals surface area contributed by atoms with Crippen molar-refractivity contribution in [2.75, 3.05) is 42.0 Å². The van der Waals surface area contributed by atoms with E-state index in [-0.39, 0.29) is 0 Å². The number of guanidine groups is 1. The van der Waals surface area contributed by atoms with E-state index in [0.29, 0.717) is 17.2 Å². The van der Waals surface area contributed by atoms with Crippen molar-refractivity contribution < 1.29 is 14.2 Å². The van der Waals surface area contributed by atoms with E-state index in [4.69, 9.17) is 14.2 Å². The van der Waals surface area contributed by atoms with E-state index in [1.807, 2.05) is 19.2 Å². The molecular formula is C23H33N3O3. The van der Waals surface area contributed by atoms with E-state index in [1.165, 1.54) is 11.1 Å². The molecule has 0 aliphatic heterocycles. The highest BCUT2D eigenvalue weighted by Crippen LogP contribution is 2.39. The van der Waals surface area contributed by atoms with Gasteiger partial charge in [-0.3, -0.25) is 4.99 Å². The first-order valence-electron chi connectivity index (χ1n) is 9.85. The van der Waals surface area contributed by atoms with Gasteiger partial charge >= 0.3 is 0 Å². The predicted molar refractivity (Wildman–Crippen MR) is 118 cm³/mol. The molecule has 0 aliphatic rings. The van der Waals surface area contributed by atoms with Crippen LogP contribution in [0.3, 0.4) is 0 Å². The van der Waals surface area contributed by atoms with Crippen molar-refractivity contribution in [1.82, 2.24) is 10.2 Å². The van der Waals surface area contributed by atoms with Crippen LogP contribution >= 0.6 is 0 Å².